The molecular weight excluding hydrogens is 436 g/mol. The van der Waals surface area contributed by atoms with Crippen LogP contribution in [0, 0.1) is 0 Å². The Balaban J connectivity index is 1.41. The molecule has 0 spiro atoms. The molecule has 2 aromatic rings. The molecule has 0 saturated carbocycles. The highest BCUT2D eigenvalue weighted by Gasteiger charge is 2.35. The Morgan fingerprint density at radius 2 is 2.18 bits per heavy atom. The first-order valence-electron chi connectivity index (χ1n) is 10.6. The van der Waals surface area contributed by atoms with Crippen LogP contribution in [0.5, 0.6) is 11.6 Å². The van der Waals surface area contributed by atoms with Crippen LogP contribution in [-0.4, -0.2) is 51.9 Å². The first-order chi connectivity index (χ1) is 15.9. The molecule has 1 atom stereocenters. The standard InChI is InChI=1S/C22H25F2N5O4/c1-3-4-27-10-19(8-25-27)32-12-17(24)6-16(5-15(2)23)11-33-20-7-21-28(22(30)26-20)9-18-13-31-14-29(18)21/h5-8,10,18H,2-4,9,11-14H2,1H3/b16-5+,17-6+. The van der Waals surface area contributed by atoms with Gasteiger partial charge in [0, 0.05) is 12.6 Å². The van der Waals surface area contributed by atoms with Crippen molar-refractivity contribution >= 4 is 5.82 Å². The topological polar surface area (TPSA) is 83.6 Å². The van der Waals surface area contributed by atoms with Gasteiger partial charge >= 0.3 is 5.69 Å². The Morgan fingerprint density at radius 1 is 1.33 bits per heavy atom. The Morgan fingerprint density at radius 3 is 2.97 bits per heavy atom. The van der Waals surface area contributed by atoms with Crippen LogP contribution in [0.2, 0.25) is 0 Å². The zero-order valence-electron chi connectivity index (χ0n) is 18.2. The molecule has 2 aliphatic heterocycles. The molecule has 1 unspecified atom stereocenters. The van der Waals surface area contributed by atoms with E-state index in [1.165, 1.54) is 6.20 Å². The summed E-state index contributed by atoms with van der Waals surface area (Å²) in [6.45, 7) is 6.77. The second-order valence-corrected chi connectivity index (χ2v) is 7.74. The van der Waals surface area contributed by atoms with Crippen molar-refractivity contribution in [1.82, 2.24) is 19.3 Å². The molecule has 0 aromatic carbocycles. The highest BCUT2D eigenvalue weighted by molar-refractivity contribution is 5.47. The van der Waals surface area contributed by atoms with Gasteiger partial charge in [0.05, 0.1) is 31.6 Å². The van der Waals surface area contributed by atoms with Gasteiger partial charge in [0.1, 0.15) is 37.4 Å². The lowest BCUT2D eigenvalue weighted by atomic mass is 10.2. The maximum atomic E-state index is 14.4. The molecule has 0 amide bonds. The van der Waals surface area contributed by atoms with Gasteiger partial charge in [0.25, 0.3) is 0 Å². The number of nitrogens with zero attached hydrogens (tertiary/aromatic N) is 5. The van der Waals surface area contributed by atoms with Gasteiger partial charge in [-0.3, -0.25) is 9.25 Å². The van der Waals surface area contributed by atoms with Gasteiger partial charge in [0.15, 0.2) is 5.75 Å². The molecule has 0 radical (unpaired) electrons. The minimum atomic E-state index is -0.765. The summed E-state index contributed by atoms with van der Waals surface area (Å²) in [5, 5.41) is 4.11. The van der Waals surface area contributed by atoms with E-state index in [-0.39, 0.29) is 30.7 Å². The normalized spacial score (nSPS) is 17.8. The first-order valence-corrected chi connectivity index (χ1v) is 10.6. The van der Waals surface area contributed by atoms with Gasteiger partial charge in [-0.25, -0.2) is 13.6 Å². The number of halogens is 2. The lowest BCUT2D eigenvalue weighted by Crippen LogP contribution is -2.26. The molecule has 33 heavy (non-hydrogen) atoms. The van der Waals surface area contributed by atoms with E-state index in [4.69, 9.17) is 14.2 Å². The van der Waals surface area contributed by atoms with Crippen LogP contribution in [0.15, 0.2) is 59.2 Å². The number of aryl methyl sites for hydroxylation is 1. The molecule has 1 fully saturated rings. The maximum absolute atomic E-state index is 14.4. The van der Waals surface area contributed by atoms with E-state index >= 15 is 0 Å². The molecule has 176 valence electrons. The van der Waals surface area contributed by atoms with Crippen LogP contribution in [0.3, 0.4) is 0 Å². The smallest absolute Gasteiger partial charge is 0.352 e. The Labute approximate surface area is 189 Å². The Bertz CT molecular complexity index is 1140. The molecule has 4 heterocycles. The molecule has 9 nitrogen and oxygen atoms in total. The van der Waals surface area contributed by atoms with Crippen LogP contribution in [0.4, 0.5) is 14.6 Å². The van der Waals surface area contributed by atoms with Gasteiger partial charge in [-0.1, -0.05) is 13.5 Å². The van der Waals surface area contributed by atoms with E-state index in [2.05, 4.69) is 16.7 Å². The minimum absolute atomic E-state index is 0.0579. The molecule has 2 aliphatic rings. The quantitative estimate of drug-likeness (QED) is 0.503. The number of allylic oxidation sites excluding steroid dienone is 2. The molecule has 0 N–H and O–H groups in total. The van der Waals surface area contributed by atoms with Gasteiger partial charge in [-0.15, -0.1) is 0 Å². The zero-order valence-corrected chi connectivity index (χ0v) is 18.2. The number of hydrogen-bond acceptors (Lipinski definition) is 7. The fraction of sp³-hybridized carbons (Fsp3) is 0.409. The third-order valence-corrected chi connectivity index (χ3v) is 5.14. The summed E-state index contributed by atoms with van der Waals surface area (Å²) in [5.74, 6) is -0.281. The van der Waals surface area contributed by atoms with E-state index in [9.17, 15) is 13.6 Å². The van der Waals surface area contributed by atoms with E-state index in [1.54, 1.807) is 21.5 Å². The number of ether oxygens (including phenoxy) is 3. The summed E-state index contributed by atoms with van der Waals surface area (Å²) in [6, 6.07) is 1.71. The number of aromatic nitrogens is 4. The molecule has 11 heteroatoms. The summed E-state index contributed by atoms with van der Waals surface area (Å²) >= 11 is 0. The summed E-state index contributed by atoms with van der Waals surface area (Å²) in [7, 11) is 0. The SMILES string of the molecule is C=C(F)/C=C(\C=C(\F)COc1cnn(CCC)c1)COc1cc2n(c(=O)n1)CC1COCN21. The third-order valence-electron chi connectivity index (χ3n) is 5.14. The van der Waals surface area contributed by atoms with Gasteiger partial charge < -0.3 is 19.1 Å². The predicted octanol–water partition coefficient (Wildman–Crippen LogP) is 2.75. The van der Waals surface area contributed by atoms with E-state index in [0.717, 1.165) is 25.1 Å². The summed E-state index contributed by atoms with van der Waals surface area (Å²) < 4.78 is 47.5. The van der Waals surface area contributed by atoms with Crippen LogP contribution in [0.25, 0.3) is 0 Å². The average Bonchev–Trinajstić information content (AvgIpc) is 3.47. The number of fused-ring (bicyclic) bond motifs is 3. The van der Waals surface area contributed by atoms with E-state index in [1.807, 2.05) is 11.8 Å². The second-order valence-electron chi connectivity index (χ2n) is 7.74. The van der Waals surface area contributed by atoms with Crippen LogP contribution in [0.1, 0.15) is 13.3 Å². The zero-order chi connectivity index (χ0) is 23.4. The van der Waals surface area contributed by atoms with Gasteiger partial charge in [-0.2, -0.15) is 10.1 Å². The van der Waals surface area contributed by atoms with Crippen molar-refractivity contribution in [3.05, 3.63) is 64.9 Å². The highest BCUT2D eigenvalue weighted by Crippen LogP contribution is 2.29. The highest BCUT2D eigenvalue weighted by atomic mass is 19.1. The van der Waals surface area contributed by atoms with Crippen molar-refractivity contribution in [2.75, 3.05) is 31.5 Å². The lowest BCUT2D eigenvalue weighted by molar-refractivity contribution is 0.189. The third kappa shape index (κ3) is 5.48. The molecule has 4 rings (SSSR count). The number of rotatable bonds is 10. The van der Waals surface area contributed by atoms with Crippen molar-refractivity contribution in [3.63, 3.8) is 0 Å². The second kappa shape index (κ2) is 9.99. The van der Waals surface area contributed by atoms with Crippen molar-refractivity contribution in [3.8, 4) is 11.6 Å². The van der Waals surface area contributed by atoms with E-state index in [0.29, 0.717) is 31.4 Å². The fourth-order valence-corrected chi connectivity index (χ4v) is 3.70. The molecule has 0 bridgehead atoms. The summed E-state index contributed by atoms with van der Waals surface area (Å²) in [4.78, 5) is 18.2. The minimum Gasteiger partial charge on any atom is -0.483 e. The van der Waals surface area contributed by atoms with Gasteiger partial charge in [0.2, 0.25) is 5.88 Å². The Hall–Kier alpha value is -3.47. The Kier molecular flexibility index (Phi) is 6.87. The lowest BCUT2D eigenvalue weighted by Gasteiger charge is -2.15. The number of anilines is 1. The van der Waals surface area contributed by atoms with E-state index < -0.39 is 17.3 Å². The maximum Gasteiger partial charge on any atom is 0.352 e. The monoisotopic (exact) mass is 461 g/mol. The van der Waals surface area contributed by atoms with Crippen molar-refractivity contribution < 1.29 is 23.0 Å². The largest absolute Gasteiger partial charge is 0.483 e. The predicted molar refractivity (Wildman–Crippen MR) is 117 cm³/mol. The molecule has 0 aliphatic carbocycles. The number of hydrogen-bond donors (Lipinski definition) is 0. The average molecular weight is 461 g/mol. The van der Waals surface area contributed by atoms with Crippen LogP contribution < -0.4 is 20.1 Å². The van der Waals surface area contributed by atoms with Crippen molar-refractivity contribution in [1.29, 1.82) is 0 Å². The van der Waals surface area contributed by atoms with Crippen molar-refractivity contribution in [2.24, 2.45) is 0 Å². The summed E-state index contributed by atoms with van der Waals surface area (Å²) in [6.07, 6.45) is 6.23. The fourth-order valence-electron chi connectivity index (χ4n) is 3.70. The first kappa shape index (κ1) is 22.7. The van der Waals surface area contributed by atoms with Crippen molar-refractivity contribution in [2.45, 2.75) is 32.5 Å². The van der Waals surface area contributed by atoms with Crippen LogP contribution >= 0.6 is 0 Å². The molecule has 1 saturated heterocycles. The van der Waals surface area contributed by atoms with Gasteiger partial charge in [-0.05, 0) is 24.1 Å². The molecule has 2 aromatic heterocycles. The molecular formula is C22H25F2N5O4. The van der Waals surface area contributed by atoms with Crippen LogP contribution in [-0.2, 0) is 17.8 Å². The summed E-state index contributed by atoms with van der Waals surface area (Å²) in [5.41, 5.74) is -0.286.